The van der Waals surface area contributed by atoms with Crippen molar-refractivity contribution >= 4 is 28.7 Å². The van der Waals surface area contributed by atoms with Crippen LogP contribution in [-0.4, -0.2) is 18.1 Å². The van der Waals surface area contributed by atoms with E-state index in [1.807, 2.05) is 52.9 Å². The minimum absolute atomic E-state index is 0.434. The summed E-state index contributed by atoms with van der Waals surface area (Å²) in [6, 6.07) is 12.3. The van der Waals surface area contributed by atoms with Gasteiger partial charge in [0.1, 0.15) is 0 Å². The molecule has 0 aliphatic rings. The Labute approximate surface area is 103 Å². The summed E-state index contributed by atoms with van der Waals surface area (Å²) in [5.74, 6) is 0. The van der Waals surface area contributed by atoms with Crippen LogP contribution in [0.5, 0.6) is 0 Å². The third kappa shape index (κ3) is 3.80. The summed E-state index contributed by atoms with van der Waals surface area (Å²) < 4.78 is 7.27. The van der Waals surface area contributed by atoms with Gasteiger partial charge in [-0.3, -0.25) is 0 Å². The summed E-state index contributed by atoms with van der Waals surface area (Å²) in [5, 5.41) is 0. The minimum Gasteiger partial charge on any atom is -0.452 e. The molecular formula is C11H10INO2. The number of hydrogen-bond acceptors (Lipinski definition) is 2. The summed E-state index contributed by atoms with van der Waals surface area (Å²) in [4.78, 5) is 12.6. The largest absolute Gasteiger partial charge is 0.452 e. The fourth-order valence-corrected chi connectivity index (χ4v) is 1.37. The number of hydrogen-bond donors (Lipinski definition) is 0. The number of benzene rings is 1. The lowest BCUT2D eigenvalue weighted by Gasteiger charge is -2.13. The third-order valence-electron chi connectivity index (χ3n) is 1.76. The van der Waals surface area contributed by atoms with Gasteiger partial charge in [-0.15, -0.1) is 0 Å². The Bertz CT molecular complexity index is 381. The average Bonchev–Trinajstić information content (AvgIpc) is 2.29. The Morgan fingerprint density at radius 2 is 2.13 bits per heavy atom. The molecule has 15 heavy (non-hydrogen) atoms. The van der Waals surface area contributed by atoms with Crippen LogP contribution in [-0.2, 0) is 11.3 Å². The zero-order valence-electron chi connectivity index (χ0n) is 8.24. The van der Waals surface area contributed by atoms with E-state index in [0.29, 0.717) is 6.54 Å². The van der Waals surface area contributed by atoms with Crippen molar-refractivity contribution in [2.45, 2.75) is 6.54 Å². The van der Waals surface area contributed by atoms with E-state index in [2.05, 4.69) is 14.7 Å². The molecule has 0 saturated heterocycles. The maximum Gasteiger partial charge on any atom is 0.421 e. The molecule has 0 radical (unpaired) electrons. The lowest BCUT2D eigenvalue weighted by atomic mass is 10.2. The van der Waals surface area contributed by atoms with Gasteiger partial charge in [-0.25, -0.2) is 9.69 Å². The summed E-state index contributed by atoms with van der Waals surface area (Å²) in [6.07, 6.45) is -0.442. The van der Waals surface area contributed by atoms with Gasteiger partial charge in [0.2, 0.25) is 0 Å². The standard InChI is InChI=1S/C11H10INO2/c1-15-11(14)13(8-7-12)9-10-5-3-2-4-6-10/h2-6H,9H2,1H3. The zero-order chi connectivity index (χ0) is 11.1. The predicted molar refractivity (Wildman–Crippen MR) is 66.2 cm³/mol. The second-order valence-electron chi connectivity index (χ2n) is 2.75. The molecule has 3 nitrogen and oxygen atoms in total. The van der Waals surface area contributed by atoms with Gasteiger partial charge in [-0.05, 0) is 9.49 Å². The highest BCUT2D eigenvalue weighted by atomic mass is 127. The molecule has 0 saturated carbocycles. The monoisotopic (exact) mass is 315 g/mol. The summed E-state index contributed by atoms with van der Waals surface area (Å²) in [6.45, 7) is 0.434. The number of amides is 1. The van der Waals surface area contributed by atoms with Crippen molar-refractivity contribution in [3.63, 3.8) is 0 Å². The van der Waals surface area contributed by atoms with Crippen molar-refractivity contribution in [3.05, 3.63) is 35.9 Å². The quantitative estimate of drug-likeness (QED) is 0.477. The summed E-state index contributed by atoms with van der Waals surface area (Å²) >= 11 is 1.88. The van der Waals surface area contributed by atoms with E-state index in [4.69, 9.17) is 0 Å². The van der Waals surface area contributed by atoms with Gasteiger partial charge < -0.3 is 4.74 Å². The molecule has 4 heteroatoms. The molecule has 0 fully saturated rings. The van der Waals surface area contributed by atoms with Gasteiger partial charge >= 0.3 is 6.09 Å². The van der Waals surface area contributed by atoms with E-state index >= 15 is 0 Å². The first-order valence-corrected chi connectivity index (χ1v) is 5.36. The molecule has 0 aliphatic carbocycles. The zero-order valence-corrected chi connectivity index (χ0v) is 10.4. The summed E-state index contributed by atoms with van der Waals surface area (Å²) in [7, 11) is 1.34. The Hall–Kier alpha value is -1.22. The van der Waals surface area contributed by atoms with Crippen LogP contribution in [0, 0.1) is 9.97 Å². The van der Waals surface area contributed by atoms with Gasteiger partial charge in [0.05, 0.1) is 13.7 Å². The van der Waals surface area contributed by atoms with Crippen LogP contribution >= 0.6 is 22.6 Å². The van der Waals surface area contributed by atoms with Crippen LogP contribution in [0.4, 0.5) is 4.79 Å². The van der Waals surface area contributed by atoms with Crippen LogP contribution in [0.15, 0.2) is 30.3 Å². The Kier molecular flexibility index (Phi) is 4.98. The molecule has 1 aromatic carbocycles. The molecule has 78 valence electrons. The number of methoxy groups -OCH3 is 1. The van der Waals surface area contributed by atoms with Crippen molar-refractivity contribution < 1.29 is 9.53 Å². The van der Waals surface area contributed by atoms with Crippen molar-refractivity contribution in [2.75, 3.05) is 7.11 Å². The number of carbonyl (C=O) groups excluding carboxylic acids is 1. The van der Waals surface area contributed by atoms with Crippen LogP contribution < -0.4 is 0 Å². The van der Waals surface area contributed by atoms with Crippen molar-refractivity contribution in [3.8, 4) is 9.97 Å². The highest BCUT2D eigenvalue weighted by Crippen LogP contribution is 2.04. The number of rotatable bonds is 2. The van der Waals surface area contributed by atoms with Crippen molar-refractivity contribution in [1.82, 2.24) is 4.90 Å². The lowest BCUT2D eigenvalue weighted by Crippen LogP contribution is -2.25. The number of ether oxygens (including phenoxy) is 1. The first kappa shape index (κ1) is 11.9. The maximum absolute atomic E-state index is 11.3. The fraction of sp³-hybridized carbons (Fsp3) is 0.182. The Morgan fingerprint density at radius 1 is 1.47 bits per heavy atom. The second kappa shape index (κ2) is 6.30. The van der Waals surface area contributed by atoms with Gasteiger partial charge in [0.15, 0.2) is 0 Å². The molecule has 0 N–H and O–H groups in total. The van der Waals surface area contributed by atoms with E-state index in [1.165, 1.54) is 12.0 Å². The maximum atomic E-state index is 11.3. The van der Waals surface area contributed by atoms with Crippen molar-refractivity contribution in [1.29, 1.82) is 0 Å². The highest BCUT2D eigenvalue weighted by molar-refractivity contribution is 14.1. The van der Waals surface area contributed by atoms with E-state index in [-0.39, 0.29) is 0 Å². The number of nitrogens with zero attached hydrogens (tertiary/aromatic N) is 1. The molecule has 1 aromatic rings. The smallest absolute Gasteiger partial charge is 0.421 e. The molecule has 0 aromatic heterocycles. The second-order valence-corrected chi connectivity index (χ2v) is 3.29. The fourth-order valence-electron chi connectivity index (χ4n) is 1.08. The van der Waals surface area contributed by atoms with Gasteiger partial charge in [-0.2, -0.15) is 0 Å². The van der Waals surface area contributed by atoms with Crippen LogP contribution in [0.2, 0.25) is 0 Å². The molecular weight excluding hydrogens is 305 g/mol. The van der Waals surface area contributed by atoms with E-state index < -0.39 is 6.09 Å². The van der Waals surface area contributed by atoms with Gasteiger partial charge in [0, 0.05) is 28.6 Å². The van der Waals surface area contributed by atoms with E-state index in [1.54, 1.807) is 0 Å². The van der Waals surface area contributed by atoms with Crippen LogP contribution in [0.1, 0.15) is 5.56 Å². The van der Waals surface area contributed by atoms with Crippen LogP contribution in [0.3, 0.4) is 0 Å². The summed E-state index contributed by atoms with van der Waals surface area (Å²) in [5.41, 5.74) is 1.02. The molecule has 1 amide bonds. The highest BCUT2D eigenvalue weighted by Gasteiger charge is 2.11. The van der Waals surface area contributed by atoms with E-state index in [0.717, 1.165) is 5.56 Å². The molecule has 0 atom stereocenters. The molecule has 0 spiro atoms. The predicted octanol–water partition coefficient (Wildman–Crippen LogP) is 2.61. The number of carbonyl (C=O) groups is 1. The average molecular weight is 315 g/mol. The van der Waals surface area contributed by atoms with Crippen LogP contribution in [0.25, 0.3) is 0 Å². The molecule has 0 heterocycles. The van der Waals surface area contributed by atoms with Crippen molar-refractivity contribution in [2.24, 2.45) is 0 Å². The first-order chi connectivity index (χ1) is 7.27. The normalized spacial score (nSPS) is 8.67. The first-order valence-electron chi connectivity index (χ1n) is 4.28. The lowest BCUT2D eigenvalue weighted by molar-refractivity contribution is 0.141. The van der Waals surface area contributed by atoms with Gasteiger partial charge in [0.25, 0.3) is 0 Å². The minimum atomic E-state index is -0.442. The molecule has 0 unspecified atom stereocenters. The molecule has 0 aliphatic heterocycles. The van der Waals surface area contributed by atoms with E-state index in [9.17, 15) is 4.79 Å². The van der Waals surface area contributed by atoms with Gasteiger partial charge in [-0.1, -0.05) is 30.3 Å². The number of halogens is 1. The third-order valence-corrected chi connectivity index (χ3v) is 2.00. The Morgan fingerprint density at radius 3 is 2.67 bits per heavy atom. The Balaban J connectivity index is 2.74. The molecule has 0 bridgehead atoms. The SMILES string of the molecule is COC(=O)N(C#CI)Cc1ccccc1. The topological polar surface area (TPSA) is 29.5 Å². The molecule has 1 rings (SSSR count).